The monoisotopic (exact) mass is 247 g/mol. The molecule has 0 atom stereocenters. The molecule has 2 N–H and O–H groups in total. The summed E-state index contributed by atoms with van der Waals surface area (Å²) in [5.41, 5.74) is 6.59. The lowest BCUT2D eigenvalue weighted by atomic mass is 10.1. The lowest BCUT2D eigenvalue weighted by Gasteiger charge is -2.16. The highest BCUT2D eigenvalue weighted by atomic mass is 15.4. The van der Waals surface area contributed by atoms with Gasteiger partial charge in [0, 0.05) is 14.1 Å². The number of hydrogen-bond acceptors (Lipinski definition) is 4. The van der Waals surface area contributed by atoms with Gasteiger partial charge in [-0.25, -0.2) is 4.68 Å². The Morgan fingerprint density at radius 2 is 1.89 bits per heavy atom. The summed E-state index contributed by atoms with van der Waals surface area (Å²) in [6, 6.07) is 2.53. The number of anilines is 2. The van der Waals surface area contributed by atoms with Gasteiger partial charge < -0.3 is 10.6 Å². The van der Waals surface area contributed by atoms with Gasteiger partial charge in [-0.05, 0) is 12.8 Å². The van der Waals surface area contributed by atoms with Crippen molar-refractivity contribution in [1.29, 1.82) is 5.26 Å². The topological polar surface area (TPSA) is 70.9 Å². The molecule has 0 unspecified atom stereocenters. The molecule has 1 saturated carbocycles. The number of nitrogens with two attached hydrogens (primary N) is 1. The van der Waals surface area contributed by atoms with Crippen LogP contribution < -0.4 is 10.6 Å². The van der Waals surface area contributed by atoms with Crippen LogP contribution >= 0.6 is 0 Å². The molecule has 1 aliphatic carbocycles. The second-order valence-corrected chi connectivity index (χ2v) is 5.18. The van der Waals surface area contributed by atoms with Crippen LogP contribution in [0.3, 0.4) is 0 Å². The van der Waals surface area contributed by atoms with Crippen molar-refractivity contribution >= 4 is 11.6 Å². The van der Waals surface area contributed by atoms with E-state index in [4.69, 9.17) is 5.73 Å². The fraction of sp³-hybridized carbons (Fsp3) is 0.692. The summed E-state index contributed by atoms with van der Waals surface area (Å²) in [5, 5.41) is 13.7. The third kappa shape index (κ3) is 2.28. The Kier molecular flexibility index (Phi) is 3.75. The highest BCUT2D eigenvalue weighted by molar-refractivity contribution is 5.64. The molecule has 0 aliphatic heterocycles. The molecule has 0 radical (unpaired) electrons. The van der Waals surface area contributed by atoms with Gasteiger partial charge >= 0.3 is 0 Å². The van der Waals surface area contributed by atoms with Crippen molar-refractivity contribution in [3.8, 4) is 6.07 Å². The van der Waals surface area contributed by atoms with Crippen LogP contribution in [-0.2, 0) is 0 Å². The van der Waals surface area contributed by atoms with Gasteiger partial charge in [-0.1, -0.05) is 25.7 Å². The summed E-state index contributed by atoms with van der Waals surface area (Å²) < 4.78 is 1.87. The maximum atomic E-state index is 9.21. The van der Waals surface area contributed by atoms with Crippen molar-refractivity contribution in [2.45, 2.75) is 44.6 Å². The molecule has 5 heteroatoms. The third-order valence-corrected chi connectivity index (χ3v) is 3.64. The molecule has 5 nitrogen and oxygen atoms in total. The highest BCUT2D eigenvalue weighted by Gasteiger charge is 2.23. The molecule has 0 saturated heterocycles. The van der Waals surface area contributed by atoms with E-state index < -0.39 is 0 Å². The van der Waals surface area contributed by atoms with Crippen molar-refractivity contribution in [2.75, 3.05) is 24.7 Å². The van der Waals surface area contributed by atoms with Crippen LogP contribution in [0.4, 0.5) is 11.6 Å². The average Bonchev–Trinajstić information content (AvgIpc) is 2.55. The summed E-state index contributed by atoms with van der Waals surface area (Å²) in [4.78, 5) is 1.85. The SMILES string of the molecule is CN(C)c1nn(C2CCCCCC2)c(N)c1C#N. The van der Waals surface area contributed by atoms with E-state index in [1.165, 1.54) is 25.7 Å². The molecule has 1 fully saturated rings. The minimum absolute atomic E-state index is 0.355. The Morgan fingerprint density at radius 3 is 2.33 bits per heavy atom. The number of rotatable bonds is 2. The summed E-state index contributed by atoms with van der Waals surface area (Å²) in [6.45, 7) is 0. The Morgan fingerprint density at radius 1 is 1.28 bits per heavy atom. The van der Waals surface area contributed by atoms with Crippen LogP contribution in [0, 0.1) is 11.3 Å². The van der Waals surface area contributed by atoms with E-state index in [-0.39, 0.29) is 0 Å². The van der Waals surface area contributed by atoms with Crippen LogP contribution in [-0.4, -0.2) is 23.9 Å². The summed E-state index contributed by atoms with van der Waals surface area (Å²) in [7, 11) is 3.78. The molecule has 1 aliphatic rings. The van der Waals surface area contributed by atoms with Gasteiger partial charge in [0.1, 0.15) is 17.5 Å². The summed E-state index contributed by atoms with van der Waals surface area (Å²) in [5.74, 6) is 1.20. The molecular formula is C13H21N5. The smallest absolute Gasteiger partial charge is 0.170 e. The lowest BCUT2D eigenvalue weighted by molar-refractivity contribution is 0.411. The zero-order valence-electron chi connectivity index (χ0n) is 11.2. The van der Waals surface area contributed by atoms with Crippen LogP contribution in [0.5, 0.6) is 0 Å². The minimum atomic E-state index is 0.355. The zero-order valence-corrected chi connectivity index (χ0v) is 11.2. The van der Waals surface area contributed by atoms with Gasteiger partial charge in [-0.3, -0.25) is 0 Å². The minimum Gasteiger partial charge on any atom is -0.383 e. The predicted octanol–water partition coefficient (Wildman–Crippen LogP) is 2.30. The zero-order chi connectivity index (χ0) is 13.1. The molecule has 0 bridgehead atoms. The third-order valence-electron chi connectivity index (χ3n) is 3.64. The second kappa shape index (κ2) is 5.30. The second-order valence-electron chi connectivity index (χ2n) is 5.18. The molecule has 0 aromatic carbocycles. The maximum absolute atomic E-state index is 9.21. The Hall–Kier alpha value is -1.70. The lowest BCUT2D eigenvalue weighted by Crippen LogP contribution is -2.14. The molecule has 98 valence electrons. The van der Waals surface area contributed by atoms with Crippen LogP contribution in [0.25, 0.3) is 0 Å². The number of nitriles is 1. The van der Waals surface area contributed by atoms with Crippen molar-refractivity contribution in [2.24, 2.45) is 0 Å². The molecular weight excluding hydrogens is 226 g/mol. The van der Waals surface area contributed by atoms with Crippen LogP contribution in [0.15, 0.2) is 0 Å². The molecule has 0 spiro atoms. The fourth-order valence-corrected chi connectivity index (χ4v) is 2.64. The standard InChI is InChI=1S/C13H21N5/c1-17(2)13-11(9-14)12(15)18(16-13)10-7-5-3-4-6-8-10/h10H,3-8,15H2,1-2H3. The quantitative estimate of drug-likeness (QED) is 0.814. The first-order valence-corrected chi connectivity index (χ1v) is 6.60. The van der Waals surface area contributed by atoms with Crippen molar-refractivity contribution < 1.29 is 0 Å². The predicted molar refractivity (Wildman–Crippen MR) is 72.4 cm³/mol. The van der Waals surface area contributed by atoms with Gasteiger partial charge in [0.2, 0.25) is 0 Å². The largest absolute Gasteiger partial charge is 0.383 e. The van der Waals surface area contributed by atoms with E-state index in [0.29, 0.717) is 23.2 Å². The number of nitrogen functional groups attached to an aromatic ring is 1. The van der Waals surface area contributed by atoms with E-state index in [1.54, 1.807) is 0 Å². The molecule has 18 heavy (non-hydrogen) atoms. The van der Waals surface area contributed by atoms with Crippen molar-refractivity contribution in [3.05, 3.63) is 5.56 Å². The van der Waals surface area contributed by atoms with E-state index in [2.05, 4.69) is 11.2 Å². The Labute approximate surface area is 108 Å². The summed E-state index contributed by atoms with van der Waals surface area (Å²) >= 11 is 0. The average molecular weight is 247 g/mol. The van der Waals surface area contributed by atoms with Gasteiger partial charge in [0.15, 0.2) is 5.82 Å². The van der Waals surface area contributed by atoms with E-state index in [1.807, 2.05) is 23.7 Å². The van der Waals surface area contributed by atoms with Crippen molar-refractivity contribution in [1.82, 2.24) is 9.78 Å². The van der Waals surface area contributed by atoms with Gasteiger partial charge in [0.05, 0.1) is 6.04 Å². The van der Waals surface area contributed by atoms with Crippen LogP contribution in [0.2, 0.25) is 0 Å². The first kappa shape index (κ1) is 12.7. The van der Waals surface area contributed by atoms with E-state index in [0.717, 1.165) is 12.8 Å². The summed E-state index contributed by atoms with van der Waals surface area (Å²) in [6.07, 6.45) is 7.27. The Balaban J connectivity index is 2.35. The number of aromatic nitrogens is 2. The first-order valence-electron chi connectivity index (χ1n) is 6.60. The van der Waals surface area contributed by atoms with E-state index in [9.17, 15) is 5.26 Å². The van der Waals surface area contributed by atoms with E-state index >= 15 is 0 Å². The normalized spacial score (nSPS) is 17.2. The van der Waals surface area contributed by atoms with Gasteiger partial charge in [-0.15, -0.1) is 0 Å². The Bertz CT molecular complexity index is 447. The van der Waals surface area contributed by atoms with Gasteiger partial charge in [0.25, 0.3) is 0 Å². The molecule has 1 aromatic heterocycles. The maximum Gasteiger partial charge on any atom is 0.170 e. The highest BCUT2D eigenvalue weighted by Crippen LogP contribution is 2.32. The fourth-order valence-electron chi connectivity index (χ4n) is 2.64. The molecule has 2 rings (SSSR count). The first-order chi connectivity index (χ1) is 8.65. The van der Waals surface area contributed by atoms with Gasteiger partial charge in [-0.2, -0.15) is 10.4 Å². The molecule has 0 amide bonds. The van der Waals surface area contributed by atoms with Crippen molar-refractivity contribution in [3.63, 3.8) is 0 Å². The molecule has 1 aromatic rings. The number of hydrogen-bond donors (Lipinski definition) is 1. The van der Waals surface area contributed by atoms with Crippen LogP contribution in [0.1, 0.15) is 50.1 Å². The number of nitrogens with zero attached hydrogens (tertiary/aromatic N) is 4. The molecule has 1 heterocycles.